The molecular weight excluding hydrogens is 1350 g/mol. The fraction of sp³-hybridized carbons (Fsp3) is 0.857. The zero-order valence-corrected chi connectivity index (χ0v) is 58.0. The lowest BCUT2D eigenvalue weighted by molar-refractivity contribution is -0.334. The lowest BCUT2D eigenvalue weighted by Crippen LogP contribution is -2.70. The monoisotopic (exact) mass is 1460 g/mol. The van der Waals surface area contributed by atoms with Gasteiger partial charge in [0, 0.05) is 50.9 Å². The molecule has 580 valence electrons. The van der Waals surface area contributed by atoms with Gasteiger partial charge in [-0.25, -0.2) is 14.4 Å². The van der Waals surface area contributed by atoms with Crippen molar-refractivity contribution in [2.45, 2.75) is 314 Å². The molecule has 2 saturated carbocycles. The van der Waals surface area contributed by atoms with Gasteiger partial charge in [0.15, 0.2) is 25.2 Å². The minimum absolute atomic E-state index is 0.0401. The molecule has 101 heavy (non-hydrogen) atoms. The summed E-state index contributed by atoms with van der Waals surface area (Å²) in [7, 11) is 0. The van der Waals surface area contributed by atoms with E-state index in [1.165, 1.54) is 0 Å². The molecular formula is C63H108N8O30. The lowest BCUT2D eigenvalue weighted by Gasteiger charge is -2.49. The second-order valence-corrected chi connectivity index (χ2v) is 28.6. The minimum Gasteiger partial charge on any atom is -0.444 e. The van der Waals surface area contributed by atoms with Gasteiger partial charge in [-0.05, 0) is 88.0 Å². The van der Waals surface area contributed by atoms with Crippen molar-refractivity contribution < 1.29 is 148 Å². The molecule has 0 spiro atoms. The first-order valence-corrected chi connectivity index (χ1v) is 33.3. The number of amides is 5. The molecule has 6 fully saturated rings. The van der Waals surface area contributed by atoms with Gasteiger partial charge in [0.05, 0.1) is 37.4 Å². The van der Waals surface area contributed by atoms with Gasteiger partial charge in [0.2, 0.25) is 11.8 Å². The van der Waals surface area contributed by atoms with Crippen LogP contribution in [0.15, 0.2) is 0 Å². The molecule has 6 aliphatic rings. The molecule has 0 bridgehead atoms. The molecule has 0 aromatic carbocycles. The quantitative estimate of drug-likeness (QED) is 0.0257. The Morgan fingerprint density at radius 3 is 1.14 bits per heavy atom. The van der Waals surface area contributed by atoms with Gasteiger partial charge >= 0.3 is 18.3 Å². The summed E-state index contributed by atoms with van der Waals surface area (Å²) < 4.78 is 62.5. The molecule has 4 saturated heterocycles. The van der Waals surface area contributed by atoms with Crippen LogP contribution >= 0.6 is 0 Å². The molecule has 38 heteroatoms. The third-order valence-electron chi connectivity index (χ3n) is 16.9. The Labute approximate surface area is 584 Å². The average Bonchev–Trinajstić information content (AvgIpc) is 0.778. The molecule has 38 nitrogen and oxygen atoms in total. The van der Waals surface area contributed by atoms with Crippen molar-refractivity contribution in [3.63, 3.8) is 0 Å². The van der Waals surface area contributed by atoms with E-state index in [-0.39, 0.29) is 44.7 Å². The number of alkyl carbamates (subject to hydrolysis) is 3. The number of nitrogens with one attached hydrogen (secondary N) is 5. The van der Waals surface area contributed by atoms with Crippen molar-refractivity contribution in [1.82, 2.24) is 26.6 Å². The molecule has 4 aliphatic heterocycles. The molecule has 0 radical (unpaired) electrons. The molecule has 25 N–H and O–H groups in total. The maximum Gasteiger partial charge on any atom is 0.408 e. The SMILES string of the molecule is C#CCCCC(=O)NCC1O[C@H](O[C@@H]2C(N)C[C@@H](N)C(O[C@@H]3OC(CO)[C@H](O)C(N)C3O)[C@H]2O)C(O)[C@@H](O)[C@@H]1O.C#CCCCC(=O)NCC1O[C@H](O[C@@H]2C(NC(=O)OC(C)(C)C)C[C@H](NC(=O)OC(C)(C)C)C(O[C@@H]3OC(CO)[C@H](O)C(NC(=O)OC(C)(C)C)C3O)[C@H]2O)C(O)[C@@H](O)[C@@H]1O. The highest BCUT2D eigenvalue weighted by Gasteiger charge is 2.56. The fourth-order valence-corrected chi connectivity index (χ4v) is 11.8. The number of aliphatic hydroxyl groups is 14. The van der Waals surface area contributed by atoms with E-state index in [0.717, 1.165) is 0 Å². The molecule has 0 aromatic rings. The topological polar surface area (TPSA) is 608 Å². The summed E-state index contributed by atoms with van der Waals surface area (Å²) in [5, 5.41) is 162. The Morgan fingerprint density at radius 2 is 0.762 bits per heavy atom. The van der Waals surface area contributed by atoms with Crippen LogP contribution in [-0.4, -0.2) is 328 Å². The Hall–Kier alpha value is -5.13. The number of hydrogen-bond donors (Lipinski definition) is 22. The summed E-state index contributed by atoms with van der Waals surface area (Å²) in [6, 6.07) is -7.24. The van der Waals surface area contributed by atoms with Crippen LogP contribution in [-0.2, 0) is 61.7 Å². The van der Waals surface area contributed by atoms with Crippen molar-refractivity contribution >= 4 is 30.1 Å². The van der Waals surface area contributed by atoms with Crippen LogP contribution in [0.2, 0.25) is 0 Å². The summed E-state index contributed by atoms with van der Waals surface area (Å²) in [5.41, 5.74) is 15.1. The van der Waals surface area contributed by atoms with E-state index < -0.39 is 238 Å². The highest BCUT2D eigenvalue weighted by Crippen LogP contribution is 2.36. The van der Waals surface area contributed by atoms with Gasteiger partial charge in [-0.15, -0.1) is 24.7 Å². The number of unbranched alkanes of at least 4 members (excludes halogenated alkanes) is 2. The van der Waals surface area contributed by atoms with Crippen LogP contribution in [0.25, 0.3) is 0 Å². The third-order valence-corrected chi connectivity index (χ3v) is 16.9. The van der Waals surface area contributed by atoms with Crippen LogP contribution in [0.5, 0.6) is 0 Å². The molecule has 0 aromatic heterocycles. The number of carbonyl (C=O) groups is 5. The van der Waals surface area contributed by atoms with Gasteiger partial charge in [0.1, 0.15) is 139 Å². The first-order valence-electron chi connectivity index (χ1n) is 33.3. The first-order chi connectivity index (χ1) is 47.0. The number of ether oxygens (including phenoxy) is 11. The molecule has 4 heterocycles. The Morgan fingerprint density at radius 1 is 0.426 bits per heavy atom. The van der Waals surface area contributed by atoms with Gasteiger partial charge < -0.3 is 167 Å². The predicted molar refractivity (Wildman–Crippen MR) is 344 cm³/mol. The van der Waals surface area contributed by atoms with Crippen LogP contribution < -0.4 is 43.8 Å². The van der Waals surface area contributed by atoms with E-state index in [0.29, 0.717) is 25.7 Å². The third kappa shape index (κ3) is 24.7. The summed E-state index contributed by atoms with van der Waals surface area (Å²) >= 11 is 0. The van der Waals surface area contributed by atoms with E-state index in [4.69, 9.17) is 82.2 Å². The second kappa shape index (κ2) is 38.2. The Kier molecular flexibility index (Phi) is 32.7. The summed E-state index contributed by atoms with van der Waals surface area (Å²) in [4.78, 5) is 63.7. The number of carbonyl (C=O) groups excluding carboxylic acids is 5. The van der Waals surface area contributed by atoms with Crippen molar-refractivity contribution in [1.29, 1.82) is 0 Å². The summed E-state index contributed by atoms with van der Waals surface area (Å²) in [5.74, 6) is 4.04. The highest BCUT2D eigenvalue weighted by molar-refractivity contribution is 5.76. The van der Waals surface area contributed by atoms with Crippen molar-refractivity contribution in [3.05, 3.63) is 0 Å². The first kappa shape index (κ1) is 86.5. The maximum absolute atomic E-state index is 13.2. The van der Waals surface area contributed by atoms with Crippen molar-refractivity contribution in [3.8, 4) is 24.7 Å². The number of aliphatic hydroxyl groups excluding tert-OH is 14. The van der Waals surface area contributed by atoms with E-state index in [2.05, 4.69) is 38.4 Å². The van der Waals surface area contributed by atoms with Gasteiger partial charge in [-0.2, -0.15) is 0 Å². The largest absolute Gasteiger partial charge is 0.444 e. The zero-order valence-electron chi connectivity index (χ0n) is 58.0. The molecule has 30 atom stereocenters. The van der Waals surface area contributed by atoms with Crippen LogP contribution in [0, 0.1) is 24.7 Å². The van der Waals surface area contributed by atoms with Crippen LogP contribution in [0.3, 0.4) is 0 Å². The van der Waals surface area contributed by atoms with E-state index in [1.54, 1.807) is 62.3 Å². The van der Waals surface area contributed by atoms with Crippen LogP contribution in [0.4, 0.5) is 14.4 Å². The minimum atomic E-state index is -1.99. The Bertz CT molecular complexity index is 2720. The predicted octanol–water partition coefficient (Wildman–Crippen LogP) is -7.96. The zero-order chi connectivity index (χ0) is 75.9. The summed E-state index contributed by atoms with van der Waals surface area (Å²) in [6.07, 6.45) is -29.7. The number of rotatable bonds is 23. The molecule has 6 rings (SSSR count). The van der Waals surface area contributed by atoms with Crippen LogP contribution in [0.1, 0.15) is 114 Å². The van der Waals surface area contributed by atoms with Gasteiger partial charge in [-0.3, -0.25) is 9.59 Å². The van der Waals surface area contributed by atoms with E-state index >= 15 is 0 Å². The Balaban J connectivity index is 0.000000396. The fourth-order valence-electron chi connectivity index (χ4n) is 11.8. The molecule has 2 aliphatic carbocycles. The van der Waals surface area contributed by atoms with E-state index in [9.17, 15) is 95.5 Å². The summed E-state index contributed by atoms with van der Waals surface area (Å²) in [6.45, 7) is 12.3. The normalized spacial score (nSPS) is 39.1. The van der Waals surface area contributed by atoms with Crippen molar-refractivity contribution in [2.75, 3.05) is 26.3 Å². The number of hydrogen-bond acceptors (Lipinski definition) is 33. The van der Waals surface area contributed by atoms with E-state index in [1.807, 2.05) is 0 Å². The smallest absolute Gasteiger partial charge is 0.408 e. The lowest BCUT2D eigenvalue weighted by atomic mass is 9.83. The number of nitrogens with two attached hydrogens (primary N) is 3. The standard InChI is InChI=1S/C39H66N4O18.C24H42N4O12/c1-11-12-13-14-22(45)40-16-20-25(47)27(49)28(50)33(55-20)58-31-19(42-35(53)60-38(5,6)7)15-18(41-34(52)59-37(2,3)4)30(29(31)51)57-32-26(48)23(24(46)21(17-44)56-32)43-36(54)61-39(8,9)10;1-2-3-4-5-13(30)28-7-11-16(32)18(34)19(35)24(37-11)40-22-10(26)6-9(25)21(20(22)36)39-23-17(33)14(27)15(31)12(8-29)38-23/h1,18-21,23-33,44,46-51H,12-17H2,2-10H3,(H,40,45)(H,41,52)(H,42,53)(H,43,54);1,9-12,14-24,29,31-36H,3-8,25-27H2,(H,28,30)/t18-,19?,20?,21?,23?,24-,25+,26?,27-,28?,29+,30?,31+,32-,33+;9-,10?,11?,12?,14?,15+,16-,17?,18+,19?,20-,21?,22-,23+,24-/m01/s1. The van der Waals surface area contributed by atoms with Crippen molar-refractivity contribution in [2.24, 2.45) is 17.2 Å². The number of terminal acetylenes is 2. The maximum atomic E-state index is 13.2. The molecule has 14 unspecified atom stereocenters. The average molecular weight is 1460 g/mol. The highest BCUT2D eigenvalue weighted by atomic mass is 16.7. The van der Waals surface area contributed by atoms with Gasteiger partial charge in [-0.1, -0.05) is 0 Å². The van der Waals surface area contributed by atoms with Gasteiger partial charge in [0.25, 0.3) is 0 Å². The second-order valence-electron chi connectivity index (χ2n) is 28.6. The molecule has 5 amide bonds.